The van der Waals surface area contributed by atoms with Crippen LogP contribution in [-0.2, 0) is 0 Å². The molecule has 0 fully saturated rings. The molecule has 112 valence electrons. The van der Waals surface area contributed by atoms with E-state index in [-0.39, 0.29) is 0 Å². The van der Waals surface area contributed by atoms with E-state index < -0.39 is 0 Å². The first-order valence-corrected chi connectivity index (χ1v) is 6.99. The second-order valence-electron chi connectivity index (χ2n) is 4.35. The molecule has 22 heavy (non-hydrogen) atoms. The zero-order valence-electron chi connectivity index (χ0n) is 11.4. The highest BCUT2D eigenvalue weighted by Crippen LogP contribution is 2.24. The Kier molecular flexibility index (Phi) is 4.08. The van der Waals surface area contributed by atoms with E-state index in [1.807, 2.05) is 6.92 Å². The minimum atomic E-state index is 0.431. The smallest absolute Gasteiger partial charge is 0.181 e. The SMILES string of the molecule is Cc1cc(N/C=C\c2nnnn2-c2ccc(Cl)c(Cl)c2)no1. The summed E-state index contributed by atoms with van der Waals surface area (Å²) in [4.78, 5) is 0. The number of hydrogen-bond donors (Lipinski definition) is 1. The number of benzene rings is 1. The van der Waals surface area contributed by atoms with Crippen molar-refractivity contribution in [2.45, 2.75) is 6.92 Å². The van der Waals surface area contributed by atoms with E-state index in [0.717, 1.165) is 5.76 Å². The summed E-state index contributed by atoms with van der Waals surface area (Å²) in [6.45, 7) is 1.81. The van der Waals surface area contributed by atoms with Gasteiger partial charge in [0.15, 0.2) is 11.6 Å². The second-order valence-corrected chi connectivity index (χ2v) is 5.16. The third-order valence-corrected chi connectivity index (χ3v) is 3.47. The van der Waals surface area contributed by atoms with Crippen LogP contribution in [0.5, 0.6) is 0 Å². The van der Waals surface area contributed by atoms with Crippen molar-refractivity contribution < 1.29 is 4.52 Å². The zero-order valence-corrected chi connectivity index (χ0v) is 12.9. The number of rotatable bonds is 4. The zero-order chi connectivity index (χ0) is 15.5. The van der Waals surface area contributed by atoms with Gasteiger partial charge < -0.3 is 9.84 Å². The van der Waals surface area contributed by atoms with Gasteiger partial charge in [0.2, 0.25) is 0 Å². The van der Waals surface area contributed by atoms with Crippen LogP contribution in [0.3, 0.4) is 0 Å². The summed E-state index contributed by atoms with van der Waals surface area (Å²) in [5, 5.41) is 19.2. The Morgan fingerprint density at radius 2 is 2.09 bits per heavy atom. The van der Waals surface area contributed by atoms with E-state index in [2.05, 4.69) is 26.0 Å². The van der Waals surface area contributed by atoms with Crippen LogP contribution in [0.1, 0.15) is 11.6 Å². The summed E-state index contributed by atoms with van der Waals surface area (Å²) in [6, 6.07) is 6.92. The lowest BCUT2D eigenvalue weighted by Crippen LogP contribution is -2.00. The van der Waals surface area contributed by atoms with Gasteiger partial charge >= 0.3 is 0 Å². The Morgan fingerprint density at radius 1 is 1.23 bits per heavy atom. The number of nitrogens with one attached hydrogen (secondary N) is 1. The van der Waals surface area contributed by atoms with Crippen LogP contribution in [0.15, 0.2) is 35.0 Å². The predicted molar refractivity (Wildman–Crippen MR) is 83.1 cm³/mol. The molecule has 0 amide bonds. The van der Waals surface area contributed by atoms with E-state index in [1.54, 1.807) is 36.5 Å². The predicted octanol–water partition coefficient (Wildman–Crippen LogP) is 3.35. The summed E-state index contributed by atoms with van der Waals surface area (Å²) < 4.78 is 6.49. The highest BCUT2D eigenvalue weighted by atomic mass is 35.5. The molecule has 0 atom stereocenters. The van der Waals surface area contributed by atoms with E-state index in [1.165, 1.54) is 4.68 Å². The number of halogens is 2. The van der Waals surface area contributed by atoms with Gasteiger partial charge in [0.05, 0.1) is 15.7 Å². The van der Waals surface area contributed by atoms with Crippen LogP contribution in [-0.4, -0.2) is 25.4 Å². The third-order valence-electron chi connectivity index (χ3n) is 2.73. The van der Waals surface area contributed by atoms with Crippen molar-refractivity contribution in [1.82, 2.24) is 25.4 Å². The summed E-state index contributed by atoms with van der Waals surface area (Å²) in [5.41, 5.74) is 0.705. The lowest BCUT2D eigenvalue weighted by Gasteiger charge is -2.03. The van der Waals surface area contributed by atoms with Crippen molar-refractivity contribution >= 4 is 35.1 Å². The number of tetrazole rings is 1. The number of aryl methyl sites for hydroxylation is 1. The van der Waals surface area contributed by atoms with Crippen LogP contribution >= 0.6 is 23.2 Å². The standard InChI is InChI=1S/C13H10Cl2N6O/c1-8-6-12(18-22-8)16-5-4-13-17-19-20-21(13)9-2-3-10(14)11(15)7-9/h2-7H,1H3,(H,16,18)/b5-4-. The van der Waals surface area contributed by atoms with Gasteiger partial charge in [-0.15, -0.1) is 5.10 Å². The normalized spacial score (nSPS) is 11.2. The Hall–Kier alpha value is -2.38. The van der Waals surface area contributed by atoms with Crippen LogP contribution in [0.4, 0.5) is 5.82 Å². The molecule has 9 heteroatoms. The fourth-order valence-corrected chi connectivity index (χ4v) is 2.03. The van der Waals surface area contributed by atoms with Gasteiger partial charge in [0.1, 0.15) is 5.76 Å². The molecule has 3 aromatic rings. The first-order chi connectivity index (χ1) is 10.6. The molecule has 0 bridgehead atoms. The summed E-state index contributed by atoms with van der Waals surface area (Å²) in [6.07, 6.45) is 3.36. The molecule has 0 spiro atoms. The molecule has 7 nitrogen and oxygen atoms in total. The van der Waals surface area contributed by atoms with Gasteiger partial charge in [-0.1, -0.05) is 28.4 Å². The fourth-order valence-electron chi connectivity index (χ4n) is 1.73. The largest absolute Gasteiger partial charge is 0.360 e. The van der Waals surface area contributed by atoms with E-state index in [9.17, 15) is 0 Å². The molecular weight excluding hydrogens is 327 g/mol. The van der Waals surface area contributed by atoms with Crippen LogP contribution in [0.25, 0.3) is 11.8 Å². The third kappa shape index (κ3) is 3.10. The molecule has 0 aliphatic rings. The maximum Gasteiger partial charge on any atom is 0.181 e. The average Bonchev–Trinajstić information content (AvgIpc) is 3.11. The average molecular weight is 337 g/mol. The molecule has 0 saturated heterocycles. The quantitative estimate of drug-likeness (QED) is 0.786. The molecule has 2 heterocycles. The maximum atomic E-state index is 6.01. The molecule has 0 unspecified atom stereocenters. The van der Waals surface area contributed by atoms with Crippen molar-refractivity contribution in [1.29, 1.82) is 0 Å². The van der Waals surface area contributed by atoms with E-state index >= 15 is 0 Å². The molecule has 0 radical (unpaired) electrons. The molecule has 0 aliphatic carbocycles. The van der Waals surface area contributed by atoms with Gasteiger partial charge in [-0.2, -0.15) is 4.68 Å². The minimum absolute atomic E-state index is 0.431. The highest BCUT2D eigenvalue weighted by molar-refractivity contribution is 6.42. The molecule has 2 aromatic heterocycles. The van der Waals surface area contributed by atoms with Gasteiger partial charge in [0.25, 0.3) is 0 Å². The van der Waals surface area contributed by atoms with Gasteiger partial charge in [-0.05, 0) is 35.5 Å². The van der Waals surface area contributed by atoms with Crippen molar-refractivity contribution in [3.63, 3.8) is 0 Å². The maximum absolute atomic E-state index is 6.01. The number of nitrogens with zero attached hydrogens (tertiary/aromatic N) is 5. The minimum Gasteiger partial charge on any atom is -0.360 e. The van der Waals surface area contributed by atoms with Gasteiger partial charge in [-0.25, -0.2) is 0 Å². The molecule has 3 rings (SSSR count). The molecule has 0 aliphatic heterocycles. The Balaban J connectivity index is 1.81. The van der Waals surface area contributed by atoms with Crippen LogP contribution in [0, 0.1) is 6.92 Å². The van der Waals surface area contributed by atoms with E-state index in [0.29, 0.717) is 27.4 Å². The Labute approximate surface area is 135 Å². The first kappa shape index (κ1) is 14.6. The molecule has 1 N–H and O–H groups in total. The van der Waals surface area contributed by atoms with Crippen LogP contribution < -0.4 is 5.32 Å². The van der Waals surface area contributed by atoms with Gasteiger partial charge in [-0.3, -0.25) is 0 Å². The second kappa shape index (κ2) is 6.17. The first-order valence-electron chi connectivity index (χ1n) is 6.24. The van der Waals surface area contributed by atoms with Crippen molar-refractivity contribution in [2.75, 3.05) is 5.32 Å². The van der Waals surface area contributed by atoms with Crippen LogP contribution in [0.2, 0.25) is 10.0 Å². The lowest BCUT2D eigenvalue weighted by atomic mass is 10.3. The van der Waals surface area contributed by atoms with Crippen molar-refractivity contribution in [3.8, 4) is 5.69 Å². The molecular formula is C13H10Cl2N6O. The Morgan fingerprint density at radius 3 is 2.82 bits per heavy atom. The topological polar surface area (TPSA) is 81.7 Å². The van der Waals surface area contributed by atoms with Gasteiger partial charge in [0, 0.05) is 18.3 Å². The number of anilines is 1. The number of aromatic nitrogens is 5. The summed E-state index contributed by atoms with van der Waals surface area (Å²) in [7, 11) is 0. The Bertz CT molecular complexity index is 826. The number of hydrogen-bond acceptors (Lipinski definition) is 6. The lowest BCUT2D eigenvalue weighted by molar-refractivity contribution is 0.400. The van der Waals surface area contributed by atoms with Crippen molar-refractivity contribution in [3.05, 3.63) is 52.1 Å². The molecule has 0 saturated carbocycles. The monoisotopic (exact) mass is 336 g/mol. The van der Waals surface area contributed by atoms with E-state index in [4.69, 9.17) is 27.7 Å². The fraction of sp³-hybridized carbons (Fsp3) is 0.0769. The highest BCUT2D eigenvalue weighted by Gasteiger charge is 2.07. The van der Waals surface area contributed by atoms with Crippen molar-refractivity contribution in [2.24, 2.45) is 0 Å². The summed E-state index contributed by atoms with van der Waals surface area (Å²) >= 11 is 11.9. The summed E-state index contributed by atoms with van der Waals surface area (Å²) in [5.74, 6) is 1.84. The molecule has 1 aromatic carbocycles.